The zero-order chi connectivity index (χ0) is 13.3. The van der Waals surface area contributed by atoms with Crippen LogP contribution < -0.4 is 5.32 Å². The summed E-state index contributed by atoms with van der Waals surface area (Å²) in [7, 11) is 0. The minimum absolute atomic E-state index is 0.295. The Morgan fingerprint density at radius 1 is 1.37 bits per heavy atom. The fraction of sp³-hybridized carbons (Fsp3) is 0.933. The number of nitrogens with one attached hydrogen (secondary N) is 1. The molecule has 0 bridgehead atoms. The van der Waals surface area contributed by atoms with Crippen LogP contribution in [-0.4, -0.2) is 48.8 Å². The van der Waals surface area contributed by atoms with Gasteiger partial charge in [-0.05, 0) is 38.0 Å². The topological polar surface area (TPSA) is 48.3 Å². The van der Waals surface area contributed by atoms with Crippen molar-refractivity contribution in [1.82, 2.24) is 10.2 Å². The monoisotopic (exact) mass is 263 g/mol. The Hall–Kier alpha value is -0.630. The zero-order valence-corrected chi connectivity index (χ0v) is 11.9. The first-order valence-corrected chi connectivity index (χ1v) is 7.78. The van der Waals surface area contributed by atoms with E-state index in [2.05, 4.69) is 23.2 Å². The van der Waals surface area contributed by atoms with Crippen molar-refractivity contribution in [3.63, 3.8) is 0 Å². The van der Waals surface area contributed by atoms with Crippen molar-refractivity contribution in [3.05, 3.63) is 0 Å². The molecule has 1 aliphatic heterocycles. The normalized spacial score (nSPS) is 31.7. The lowest BCUT2D eigenvalue weighted by Crippen LogP contribution is -2.57. The van der Waals surface area contributed by atoms with Gasteiger partial charge in [-0.25, -0.2) is 0 Å². The first-order chi connectivity index (χ1) is 9.25. The SMILES string of the molecule is CCC1CN(CC(C#N)(NC2CC2)C2CC2)CCO1. The van der Waals surface area contributed by atoms with Crippen molar-refractivity contribution in [2.45, 2.75) is 56.7 Å². The van der Waals surface area contributed by atoms with Crippen LogP contribution in [0.4, 0.5) is 0 Å². The van der Waals surface area contributed by atoms with Gasteiger partial charge < -0.3 is 4.74 Å². The van der Waals surface area contributed by atoms with Gasteiger partial charge in [0.05, 0.1) is 18.8 Å². The average molecular weight is 263 g/mol. The highest BCUT2D eigenvalue weighted by Crippen LogP contribution is 2.42. The highest BCUT2D eigenvalue weighted by atomic mass is 16.5. The number of ether oxygens (including phenoxy) is 1. The summed E-state index contributed by atoms with van der Waals surface area (Å²) in [5.74, 6) is 0.570. The number of hydrogen-bond acceptors (Lipinski definition) is 4. The molecule has 3 rings (SSSR count). The fourth-order valence-electron chi connectivity index (χ4n) is 3.14. The quantitative estimate of drug-likeness (QED) is 0.789. The minimum atomic E-state index is -0.295. The Morgan fingerprint density at radius 2 is 2.16 bits per heavy atom. The van der Waals surface area contributed by atoms with Crippen LogP contribution in [0.1, 0.15) is 39.0 Å². The highest BCUT2D eigenvalue weighted by Gasteiger charge is 2.49. The lowest BCUT2D eigenvalue weighted by Gasteiger charge is -2.38. The van der Waals surface area contributed by atoms with Crippen molar-refractivity contribution in [1.29, 1.82) is 5.26 Å². The predicted molar refractivity (Wildman–Crippen MR) is 73.7 cm³/mol. The Morgan fingerprint density at radius 3 is 2.74 bits per heavy atom. The molecule has 1 heterocycles. The first kappa shape index (κ1) is 13.4. The van der Waals surface area contributed by atoms with Gasteiger partial charge in [0.2, 0.25) is 0 Å². The van der Waals surface area contributed by atoms with Crippen LogP contribution in [0.15, 0.2) is 0 Å². The largest absolute Gasteiger partial charge is 0.376 e. The van der Waals surface area contributed by atoms with Gasteiger partial charge in [0.1, 0.15) is 5.54 Å². The van der Waals surface area contributed by atoms with Gasteiger partial charge >= 0.3 is 0 Å². The maximum absolute atomic E-state index is 9.75. The van der Waals surface area contributed by atoms with Crippen LogP contribution in [0, 0.1) is 17.2 Å². The van der Waals surface area contributed by atoms with E-state index < -0.39 is 0 Å². The standard InChI is InChI=1S/C15H25N3O/c1-2-14-9-18(7-8-19-14)11-15(10-16,12-3-4-12)17-13-5-6-13/h12-14,17H,2-9,11H2,1H3. The van der Waals surface area contributed by atoms with E-state index in [0.717, 1.165) is 32.7 Å². The van der Waals surface area contributed by atoms with Gasteiger partial charge in [-0.15, -0.1) is 0 Å². The van der Waals surface area contributed by atoms with Gasteiger partial charge in [-0.2, -0.15) is 5.26 Å². The molecule has 2 saturated carbocycles. The fourth-order valence-corrected chi connectivity index (χ4v) is 3.14. The van der Waals surface area contributed by atoms with Gasteiger partial charge in [-0.1, -0.05) is 6.92 Å². The summed E-state index contributed by atoms with van der Waals surface area (Å²) in [6, 6.07) is 3.24. The Balaban J connectivity index is 1.64. The lowest BCUT2D eigenvalue weighted by atomic mass is 9.93. The Bertz CT molecular complexity index is 359. The van der Waals surface area contributed by atoms with Crippen molar-refractivity contribution >= 4 is 0 Å². The molecule has 19 heavy (non-hydrogen) atoms. The zero-order valence-electron chi connectivity index (χ0n) is 11.9. The molecule has 0 spiro atoms. The third-order valence-corrected chi connectivity index (χ3v) is 4.66. The summed E-state index contributed by atoms with van der Waals surface area (Å²) in [4.78, 5) is 2.44. The molecule has 0 aromatic carbocycles. The molecule has 4 heteroatoms. The number of hydrogen-bond donors (Lipinski definition) is 1. The summed E-state index contributed by atoms with van der Waals surface area (Å²) in [6.45, 7) is 5.83. The maximum atomic E-state index is 9.75. The molecule has 3 fully saturated rings. The van der Waals surface area contributed by atoms with Crippen LogP contribution in [0.25, 0.3) is 0 Å². The highest BCUT2D eigenvalue weighted by molar-refractivity contribution is 5.18. The van der Waals surface area contributed by atoms with E-state index in [1.165, 1.54) is 25.7 Å². The van der Waals surface area contributed by atoms with Crippen molar-refractivity contribution in [2.24, 2.45) is 5.92 Å². The Labute approximate surface area is 116 Å². The third kappa shape index (κ3) is 3.10. The first-order valence-electron chi connectivity index (χ1n) is 7.78. The summed E-state index contributed by atoms with van der Waals surface area (Å²) < 4.78 is 5.73. The van der Waals surface area contributed by atoms with Crippen molar-refractivity contribution in [2.75, 3.05) is 26.2 Å². The van der Waals surface area contributed by atoms with Gasteiger partial charge in [0.25, 0.3) is 0 Å². The van der Waals surface area contributed by atoms with Crippen LogP contribution in [-0.2, 0) is 4.74 Å². The summed E-state index contributed by atoms with van der Waals surface area (Å²) in [5, 5.41) is 13.4. The molecule has 0 amide bonds. The molecule has 3 aliphatic rings. The number of rotatable bonds is 6. The molecule has 2 atom stereocenters. The number of morpholine rings is 1. The van der Waals surface area contributed by atoms with Crippen LogP contribution >= 0.6 is 0 Å². The van der Waals surface area contributed by atoms with E-state index in [1.54, 1.807) is 0 Å². The molecule has 4 nitrogen and oxygen atoms in total. The van der Waals surface area contributed by atoms with Gasteiger partial charge in [-0.3, -0.25) is 10.2 Å². The van der Waals surface area contributed by atoms with Crippen LogP contribution in [0.2, 0.25) is 0 Å². The molecular weight excluding hydrogens is 238 g/mol. The molecule has 0 aromatic heterocycles. The molecule has 2 aliphatic carbocycles. The smallest absolute Gasteiger partial charge is 0.122 e. The third-order valence-electron chi connectivity index (χ3n) is 4.66. The van der Waals surface area contributed by atoms with Gasteiger partial charge in [0, 0.05) is 25.7 Å². The van der Waals surface area contributed by atoms with E-state index in [0.29, 0.717) is 18.1 Å². The second-order valence-corrected chi connectivity index (χ2v) is 6.41. The van der Waals surface area contributed by atoms with Crippen LogP contribution in [0.3, 0.4) is 0 Å². The predicted octanol–water partition coefficient (Wildman–Crippen LogP) is 1.52. The minimum Gasteiger partial charge on any atom is -0.376 e. The molecule has 106 valence electrons. The summed E-state index contributed by atoms with van der Waals surface area (Å²) in [5.41, 5.74) is -0.295. The van der Waals surface area contributed by atoms with E-state index in [9.17, 15) is 5.26 Å². The second-order valence-electron chi connectivity index (χ2n) is 6.41. The van der Waals surface area contributed by atoms with Crippen LogP contribution in [0.5, 0.6) is 0 Å². The van der Waals surface area contributed by atoms with E-state index in [1.807, 2.05) is 0 Å². The molecule has 0 radical (unpaired) electrons. The molecule has 1 saturated heterocycles. The van der Waals surface area contributed by atoms with Crippen molar-refractivity contribution in [3.8, 4) is 6.07 Å². The molecule has 1 N–H and O–H groups in total. The molecule has 0 aromatic rings. The Kier molecular flexibility index (Phi) is 3.79. The summed E-state index contributed by atoms with van der Waals surface area (Å²) in [6.07, 6.45) is 6.35. The van der Waals surface area contributed by atoms with Gasteiger partial charge in [0.15, 0.2) is 0 Å². The number of nitrogens with zero attached hydrogens (tertiary/aromatic N) is 2. The second kappa shape index (κ2) is 5.40. The van der Waals surface area contributed by atoms with Crippen molar-refractivity contribution < 1.29 is 4.74 Å². The maximum Gasteiger partial charge on any atom is 0.122 e. The lowest BCUT2D eigenvalue weighted by molar-refractivity contribution is -0.0361. The molecular formula is C15H25N3O. The molecule has 2 unspecified atom stereocenters. The van der Waals surface area contributed by atoms with E-state index in [-0.39, 0.29) is 5.54 Å². The average Bonchev–Trinajstić information content (AvgIpc) is 3.30. The summed E-state index contributed by atoms with van der Waals surface area (Å²) >= 11 is 0. The van der Waals surface area contributed by atoms with E-state index >= 15 is 0 Å². The van der Waals surface area contributed by atoms with E-state index in [4.69, 9.17) is 4.74 Å². The number of nitriles is 1.